The molecule has 1 aliphatic rings. The predicted molar refractivity (Wildman–Crippen MR) is 93.5 cm³/mol. The van der Waals surface area contributed by atoms with E-state index in [1.807, 2.05) is 0 Å². The Hall–Kier alpha value is -1.34. The first-order valence-corrected chi connectivity index (χ1v) is 10.2. The maximum absolute atomic E-state index is 11.4. The predicted octanol–water partition coefficient (Wildman–Crippen LogP) is 2.68. The summed E-state index contributed by atoms with van der Waals surface area (Å²) < 4.78 is 22.9. The number of nitrogens with zero attached hydrogens (tertiary/aromatic N) is 2. The van der Waals surface area contributed by atoms with E-state index in [-0.39, 0.29) is 0 Å². The lowest BCUT2D eigenvalue weighted by Crippen LogP contribution is -2.25. The van der Waals surface area contributed by atoms with Gasteiger partial charge in [0.05, 0.1) is 10.6 Å². The number of hydrogen-bond acceptors (Lipinski definition) is 5. The van der Waals surface area contributed by atoms with Crippen LogP contribution in [-0.2, 0) is 9.84 Å². The third-order valence-corrected chi connectivity index (χ3v) is 5.30. The average molecular weight is 339 g/mol. The third-order valence-electron chi connectivity index (χ3n) is 3.26. The quantitative estimate of drug-likeness (QED) is 0.809. The summed E-state index contributed by atoms with van der Waals surface area (Å²) in [5.74, 6) is 0.734. The van der Waals surface area contributed by atoms with Gasteiger partial charge in [0.25, 0.3) is 0 Å². The Bertz CT molecular complexity index is 665. The van der Waals surface area contributed by atoms with Crippen molar-refractivity contribution in [2.24, 2.45) is 10.1 Å². The molecule has 0 atom stereocenters. The first kappa shape index (κ1) is 17.0. The molecule has 0 aromatic heterocycles. The summed E-state index contributed by atoms with van der Waals surface area (Å²) in [7, 11) is -3.15. The fraction of sp³-hybridized carbons (Fsp3) is 0.467. The van der Waals surface area contributed by atoms with Gasteiger partial charge in [-0.1, -0.05) is 43.7 Å². The Kier molecular flexibility index (Phi) is 6.02. The molecule has 0 unspecified atom stereocenters. The van der Waals surface area contributed by atoms with Gasteiger partial charge in [-0.15, -0.1) is 0 Å². The van der Waals surface area contributed by atoms with E-state index in [1.165, 1.54) is 19.1 Å². The molecule has 1 aromatic carbocycles. The van der Waals surface area contributed by atoms with Crippen LogP contribution < -0.4 is 5.43 Å². The minimum atomic E-state index is -3.15. The molecule has 22 heavy (non-hydrogen) atoms. The minimum Gasteiger partial charge on any atom is -0.261 e. The summed E-state index contributed by atoms with van der Waals surface area (Å²) in [6.45, 7) is 3.00. The Morgan fingerprint density at radius 1 is 1.27 bits per heavy atom. The van der Waals surface area contributed by atoms with Crippen molar-refractivity contribution in [3.63, 3.8) is 0 Å². The van der Waals surface area contributed by atoms with Gasteiger partial charge in [0.1, 0.15) is 0 Å². The first-order valence-electron chi connectivity index (χ1n) is 7.31. The maximum Gasteiger partial charge on any atom is 0.177 e. The molecule has 5 nitrogen and oxygen atoms in total. The lowest BCUT2D eigenvalue weighted by atomic mass is 10.1. The number of thioether (sulfide) groups is 1. The van der Waals surface area contributed by atoms with Crippen LogP contribution in [0.3, 0.4) is 0 Å². The lowest BCUT2D eigenvalue weighted by Gasteiger charge is -2.15. The normalized spacial score (nSPS) is 17.2. The van der Waals surface area contributed by atoms with Gasteiger partial charge in [0, 0.05) is 18.6 Å². The van der Waals surface area contributed by atoms with E-state index in [4.69, 9.17) is 0 Å². The molecule has 0 radical (unpaired) electrons. The molecule has 1 heterocycles. The van der Waals surface area contributed by atoms with Gasteiger partial charge in [-0.05, 0) is 24.1 Å². The van der Waals surface area contributed by atoms with Gasteiger partial charge in [0.15, 0.2) is 15.0 Å². The number of rotatable bonds is 6. The number of amidine groups is 1. The molecular weight excluding hydrogens is 318 g/mol. The van der Waals surface area contributed by atoms with Crippen molar-refractivity contribution in [1.82, 2.24) is 5.43 Å². The van der Waals surface area contributed by atoms with Crippen LogP contribution in [0.15, 0.2) is 39.3 Å². The largest absolute Gasteiger partial charge is 0.261 e. The first-order chi connectivity index (χ1) is 10.5. The maximum atomic E-state index is 11.4. The van der Waals surface area contributed by atoms with Crippen LogP contribution in [0.5, 0.6) is 0 Å². The van der Waals surface area contributed by atoms with Crippen LogP contribution in [0.2, 0.25) is 0 Å². The molecule has 0 amide bonds. The molecule has 1 aliphatic heterocycles. The van der Waals surface area contributed by atoms with Gasteiger partial charge < -0.3 is 0 Å². The van der Waals surface area contributed by atoms with E-state index in [1.54, 1.807) is 36.0 Å². The second kappa shape index (κ2) is 7.78. The number of unbranched alkanes of at least 4 members (excludes halogenated alkanes) is 2. The van der Waals surface area contributed by atoms with Crippen LogP contribution in [0.1, 0.15) is 31.7 Å². The number of hydrazone groups is 1. The van der Waals surface area contributed by atoms with Gasteiger partial charge in [-0.2, -0.15) is 5.10 Å². The molecule has 0 spiro atoms. The summed E-state index contributed by atoms with van der Waals surface area (Å²) in [4.78, 5) is 4.80. The third kappa shape index (κ3) is 4.84. The molecule has 2 rings (SSSR count). The molecule has 120 valence electrons. The molecule has 7 heteroatoms. The lowest BCUT2D eigenvalue weighted by molar-refractivity contribution is 0.602. The molecule has 0 saturated heterocycles. The topological polar surface area (TPSA) is 70.9 Å². The number of aliphatic imine (C=N–C) groups is 1. The summed E-state index contributed by atoms with van der Waals surface area (Å²) in [5, 5.41) is 5.19. The fourth-order valence-corrected chi connectivity index (χ4v) is 3.41. The van der Waals surface area contributed by atoms with Gasteiger partial charge in [-0.3, -0.25) is 10.4 Å². The highest BCUT2D eigenvalue weighted by Crippen LogP contribution is 2.16. The van der Waals surface area contributed by atoms with Crippen LogP contribution in [0.4, 0.5) is 0 Å². The summed E-state index contributed by atoms with van der Waals surface area (Å²) in [5.41, 5.74) is 4.80. The van der Waals surface area contributed by atoms with Crippen molar-refractivity contribution in [3.8, 4) is 0 Å². The molecular formula is C15H21N3O2S2. The minimum absolute atomic E-state index is 0.325. The van der Waals surface area contributed by atoms with Gasteiger partial charge >= 0.3 is 0 Å². The number of hydrogen-bond donors (Lipinski definition) is 1. The summed E-state index contributed by atoms with van der Waals surface area (Å²) in [6, 6.07) is 6.82. The monoisotopic (exact) mass is 339 g/mol. The van der Waals surface area contributed by atoms with Crippen LogP contribution >= 0.6 is 11.8 Å². The van der Waals surface area contributed by atoms with E-state index in [0.29, 0.717) is 4.90 Å². The van der Waals surface area contributed by atoms with Crippen LogP contribution in [0, 0.1) is 0 Å². The molecule has 1 N–H and O–H groups in total. The van der Waals surface area contributed by atoms with Crippen molar-refractivity contribution in [2.75, 3.05) is 18.6 Å². The highest BCUT2D eigenvalue weighted by Gasteiger charge is 2.14. The van der Waals surface area contributed by atoms with Crippen molar-refractivity contribution < 1.29 is 8.42 Å². The SMILES string of the molecule is CCCCCN=C1NN=C(c2ccc(S(C)(=O)=O)cc2)CS1. The summed E-state index contributed by atoms with van der Waals surface area (Å²) in [6.07, 6.45) is 4.70. The second-order valence-corrected chi connectivity index (χ2v) is 8.13. The zero-order valence-electron chi connectivity index (χ0n) is 12.9. The second-order valence-electron chi connectivity index (χ2n) is 5.15. The van der Waals surface area contributed by atoms with E-state index in [9.17, 15) is 8.42 Å². The van der Waals surface area contributed by atoms with E-state index < -0.39 is 9.84 Å². The number of nitrogens with one attached hydrogen (secondary N) is 1. The summed E-state index contributed by atoms with van der Waals surface area (Å²) >= 11 is 1.62. The fourth-order valence-electron chi connectivity index (χ4n) is 1.98. The van der Waals surface area contributed by atoms with Crippen LogP contribution in [0.25, 0.3) is 0 Å². The van der Waals surface area contributed by atoms with Crippen molar-refractivity contribution in [2.45, 2.75) is 31.1 Å². The number of sulfone groups is 1. The van der Waals surface area contributed by atoms with E-state index in [0.717, 1.165) is 35.2 Å². The van der Waals surface area contributed by atoms with Gasteiger partial charge in [0.2, 0.25) is 0 Å². The Morgan fingerprint density at radius 2 is 2.00 bits per heavy atom. The van der Waals surface area contributed by atoms with Crippen molar-refractivity contribution >= 4 is 32.5 Å². The van der Waals surface area contributed by atoms with E-state index in [2.05, 4.69) is 22.4 Å². The van der Waals surface area contributed by atoms with Crippen molar-refractivity contribution in [3.05, 3.63) is 29.8 Å². The highest BCUT2D eigenvalue weighted by atomic mass is 32.2. The smallest absolute Gasteiger partial charge is 0.177 e. The molecule has 0 aliphatic carbocycles. The zero-order valence-corrected chi connectivity index (χ0v) is 14.5. The Balaban J connectivity index is 1.99. The highest BCUT2D eigenvalue weighted by molar-refractivity contribution is 8.14. The van der Waals surface area contributed by atoms with Crippen LogP contribution in [-0.4, -0.2) is 37.9 Å². The van der Waals surface area contributed by atoms with Crippen molar-refractivity contribution in [1.29, 1.82) is 0 Å². The molecule has 0 bridgehead atoms. The zero-order chi connectivity index (χ0) is 16.0. The number of benzene rings is 1. The Morgan fingerprint density at radius 3 is 2.55 bits per heavy atom. The van der Waals surface area contributed by atoms with E-state index >= 15 is 0 Å². The molecule has 1 aromatic rings. The molecule has 0 fully saturated rings. The standard InChI is InChI=1S/C15H21N3O2S2/c1-3-4-5-10-16-15-18-17-14(11-21-15)12-6-8-13(9-7-12)22(2,19)20/h6-9H,3-5,10-11H2,1-2H3,(H,16,18). The van der Waals surface area contributed by atoms with Gasteiger partial charge in [-0.25, -0.2) is 8.42 Å². The Labute approximate surface area is 136 Å². The molecule has 0 saturated carbocycles. The average Bonchev–Trinajstić information content (AvgIpc) is 2.51.